The van der Waals surface area contributed by atoms with Crippen molar-refractivity contribution in [1.82, 2.24) is 9.55 Å². The molecule has 5 heteroatoms. The Kier molecular flexibility index (Phi) is 3.85. The molecule has 0 spiro atoms. The second-order valence-electron chi connectivity index (χ2n) is 5.40. The molecule has 2 rings (SSSR count). The summed E-state index contributed by atoms with van der Waals surface area (Å²) in [5.41, 5.74) is 1.68. The van der Waals surface area contributed by atoms with E-state index in [1.807, 2.05) is 42.1 Å². The Bertz CT molecular complexity index is 584. The van der Waals surface area contributed by atoms with E-state index >= 15 is 0 Å². The predicted octanol–water partition coefficient (Wildman–Crippen LogP) is 3.38. The quantitative estimate of drug-likeness (QED) is 0.633. The summed E-state index contributed by atoms with van der Waals surface area (Å²) < 4.78 is 7.92. The van der Waals surface area contributed by atoms with Gasteiger partial charge in [-0.1, -0.05) is 12.1 Å². The molecule has 0 bridgehead atoms. The molecule has 0 atom stereocenters. The van der Waals surface area contributed by atoms with Crippen molar-refractivity contribution in [2.75, 3.05) is 0 Å². The van der Waals surface area contributed by atoms with Crippen LogP contribution in [0.4, 0.5) is 5.69 Å². The Morgan fingerprint density at radius 2 is 2.00 bits per heavy atom. The van der Waals surface area contributed by atoms with Gasteiger partial charge >= 0.3 is 0 Å². The molecule has 0 aliphatic rings. The average molecular weight is 273 g/mol. The van der Waals surface area contributed by atoms with E-state index in [-0.39, 0.29) is 0 Å². The number of hydrogen-bond donors (Lipinski definition) is 0. The zero-order chi connectivity index (χ0) is 13.9. The zero-order valence-electron chi connectivity index (χ0n) is 11.8. The van der Waals surface area contributed by atoms with Crippen molar-refractivity contribution >= 4 is 20.2 Å². The van der Waals surface area contributed by atoms with Crippen molar-refractivity contribution in [2.24, 2.45) is 12.0 Å². The van der Waals surface area contributed by atoms with Gasteiger partial charge in [0.25, 0.3) is 0 Å². The number of aliphatic imine (C=N–C) groups is 1. The minimum atomic E-state index is -1.63. The molecule has 2 aromatic rings. The van der Waals surface area contributed by atoms with Crippen LogP contribution in [0.2, 0.25) is 19.6 Å². The van der Waals surface area contributed by atoms with E-state index in [0.717, 1.165) is 17.1 Å². The maximum Gasteiger partial charge on any atom is 0.242 e. The van der Waals surface area contributed by atoms with Crippen LogP contribution in [0.1, 0.15) is 5.69 Å². The first-order valence-corrected chi connectivity index (χ1v) is 9.65. The molecule has 0 aliphatic carbocycles. The van der Waals surface area contributed by atoms with E-state index in [9.17, 15) is 0 Å². The molecule has 1 aromatic carbocycles. The Labute approximate surface area is 114 Å². The molecule has 0 aliphatic heterocycles. The third-order valence-electron chi connectivity index (χ3n) is 2.34. The fourth-order valence-electron chi connectivity index (χ4n) is 1.62. The van der Waals surface area contributed by atoms with E-state index in [2.05, 4.69) is 29.6 Å². The summed E-state index contributed by atoms with van der Waals surface area (Å²) in [6.07, 6.45) is 5.43. The van der Waals surface area contributed by atoms with Gasteiger partial charge in [-0.05, 0) is 31.8 Å². The molecule has 19 heavy (non-hydrogen) atoms. The van der Waals surface area contributed by atoms with Crippen LogP contribution >= 0.6 is 0 Å². The number of imidazole rings is 1. The summed E-state index contributed by atoms with van der Waals surface area (Å²) in [4.78, 5) is 8.69. The van der Waals surface area contributed by atoms with Crippen LogP contribution < -0.4 is 4.43 Å². The Morgan fingerprint density at radius 3 is 2.63 bits per heavy atom. The molecule has 1 heterocycles. The van der Waals surface area contributed by atoms with Gasteiger partial charge in [0.2, 0.25) is 8.32 Å². The van der Waals surface area contributed by atoms with Gasteiger partial charge < -0.3 is 8.99 Å². The van der Waals surface area contributed by atoms with E-state index in [1.165, 1.54) is 0 Å². The summed E-state index contributed by atoms with van der Waals surface area (Å²) in [6.45, 7) is 6.48. The van der Waals surface area contributed by atoms with Gasteiger partial charge in [-0.25, -0.2) is 4.98 Å². The fraction of sp³-hybridized carbons (Fsp3) is 0.286. The van der Waals surface area contributed by atoms with Gasteiger partial charge in [0, 0.05) is 13.2 Å². The van der Waals surface area contributed by atoms with E-state index in [4.69, 9.17) is 4.43 Å². The lowest BCUT2D eigenvalue weighted by Gasteiger charge is -2.20. The number of rotatable bonds is 4. The normalized spacial score (nSPS) is 12.0. The van der Waals surface area contributed by atoms with Crippen molar-refractivity contribution in [1.29, 1.82) is 0 Å². The standard InChI is InChI=1S/C14H19N3OSi/c1-17-10-12(16-11-17)9-15-13-7-5-6-8-14(13)18-19(2,3)4/h5-11H,1-4H3. The lowest BCUT2D eigenvalue weighted by molar-refractivity contribution is 0.559. The van der Waals surface area contributed by atoms with Gasteiger partial charge in [0.1, 0.15) is 11.4 Å². The van der Waals surface area contributed by atoms with Crippen LogP contribution in [0.3, 0.4) is 0 Å². The lowest BCUT2D eigenvalue weighted by atomic mass is 10.3. The summed E-state index contributed by atoms with van der Waals surface area (Å²) in [6, 6.07) is 7.84. The van der Waals surface area contributed by atoms with Crippen molar-refractivity contribution < 1.29 is 4.43 Å². The highest BCUT2D eigenvalue weighted by atomic mass is 28.4. The highest BCUT2D eigenvalue weighted by Gasteiger charge is 2.17. The first-order chi connectivity index (χ1) is 8.94. The summed E-state index contributed by atoms with van der Waals surface area (Å²) in [7, 11) is 0.310. The molecule has 1 aromatic heterocycles. The maximum absolute atomic E-state index is 6.03. The summed E-state index contributed by atoms with van der Waals surface area (Å²) >= 11 is 0. The van der Waals surface area contributed by atoms with Crippen LogP contribution in [0.15, 0.2) is 41.8 Å². The van der Waals surface area contributed by atoms with E-state index in [0.29, 0.717) is 0 Å². The molecule has 0 fully saturated rings. The third-order valence-corrected chi connectivity index (χ3v) is 3.17. The number of para-hydroxylation sites is 2. The number of aryl methyl sites for hydroxylation is 1. The third kappa shape index (κ3) is 4.06. The zero-order valence-corrected chi connectivity index (χ0v) is 12.8. The molecule has 0 saturated heterocycles. The molecule has 4 nitrogen and oxygen atoms in total. The highest BCUT2D eigenvalue weighted by molar-refractivity contribution is 6.70. The largest absolute Gasteiger partial charge is 0.543 e. The SMILES string of the molecule is Cn1cnc(C=Nc2ccccc2O[Si](C)(C)C)c1. The van der Waals surface area contributed by atoms with Crippen molar-refractivity contribution in [3.05, 3.63) is 42.5 Å². The molecule has 0 saturated carbocycles. The van der Waals surface area contributed by atoms with Gasteiger partial charge in [0.15, 0.2) is 0 Å². The second kappa shape index (κ2) is 5.40. The number of aromatic nitrogens is 2. The molecule has 0 unspecified atom stereocenters. The molecular weight excluding hydrogens is 254 g/mol. The van der Waals surface area contributed by atoms with Crippen LogP contribution in [0.5, 0.6) is 5.75 Å². The Morgan fingerprint density at radius 1 is 1.26 bits per heavy atom. The van der Waals surface area contributed by atoms with Crippen LogP contribution in [0, 0.1) is 0 Å². The number of nitrogens with zero attached hydrogens (tertiary/aromatic N) is 3. The first kappa shape index (κ1) is 13.5. The summed E-state index contributed by atoms with van der Waals surface area (Å²) in [5.74, 6) is 0.842. The maximum atomic E-state index is 6.03. The molecule has 100 valence electrons. The van der Waals surface area contributed by atoms with E-state index in [1.54, 1.807) is 12.5 Å². The van der Waals surface area contributed by atoms with Crippen LogP contribution in [-0.4, -0.2) is 24.1 Å². The molecule has 0 N–H and O–H groups in total. The van der Waals surface area contributed by atoms with Crippen molar-refractivity contribution in [2.45, 2.75) is 19.6 Å². The van der Waals surface area contributed by atoms with Gasteiger partial charge in [-0.3, -0.25) is 4.99 Å². The van der Waals surface area contributed by atoms with Crippen LogP contribution in [-0.2, 0) is 7.05 Å². The molecule has 0 radical (unpaired) electrons. The van der Waals surface area contributed by atoms with Crippen molar-refractivity contribution in [3.63, 3.8) is 0 Å². The van der Waals surface area contributed by atoms with Gasteiger partial charge in [0.05, 0.1) is 18.2 Å². The lowest BCUT2D eigenvalue weighted by Crippen LogP contribution is -2.29. The Balaban J connectivity index is 2.22. The average Bonchev–Trinajstić information content (AvgIpc) is 2.72. The topological polar surface area (TPSA) is 39.4 Å². The molecule has 0 amide bonds. The minimum absolute atomic E-state index is 0.838. The van der Waals surface area contributed by atoms with Gasteiger partial charge in [-0.15, -0.1) is 0 Å². The van der Waals surface area contributed by atoms with Crippen molar-refractivity contribution in [3.8, 4) is 5.75 Å². The highest BCUT2D eigenvalue weighted by Crippen LogP contribution is 2.29. The monoisotopic (exact) mass is 273 g/mol. The first-order valence-electron chi connectivity index (χ1n) is 6.24. The predicted molar refractivity (Wildman–Crippen MR) is 80.9 cm³/mol. The Hall–Kier alpha value is -1.88. The fourth-order valence-corrected chi connectivity index (χ4v) is 2.45. The smallest absolute Gasteiger partial charge is 0.242 e. The molecular formula is C14H19N3OSi. The van der Waals surface area contributed by atoms with E-state index < -0.39 is 8.32 Å². The second-order valence-corrected chi connectivity index (χ2v) is 9.83. The minimum Gasteiger partial charge on any atom is -0.543 e. The summed E-state index contributed by atoms with van der Waals surface area (Å²) in [5, 5.41) is 0. The van der Waals surface area contributed by atoms with Gasteiger partial charge in [-0.2, -0.15) is 0 Å². The number of hydrogen-bond acceptors (Lipinski definition) is 3. The number of benzene rings is 1. The van der Waals surface area contributed by atoms with Crippen LogP contribution in [0.25, 0.3) is 0 Å².